The molecule has 72 valence electrons. The molecule has 0 saturated carbocycles. The standard InChI is InChI=1S/C10H15NO2/c1-10(2,3)13-9(12)8-6-4-5-7-11-8/h5-7,11H,4H2,1-3H3. The summed E-state index contributed by atoms with van der Waals surface area (Å²) in [7, 11) is 0. The molecule has 0 bridgehead atoms. The third-order valence-electron chi connectivity index (χ3n) is 1.43. The molecule has 0 aromatic heterocycles. The minimum Gasteiger partial charge on any atom is -0.455 e. The van der Waals surface area contributed by atoms with Crippen molar-refractivity contribution in [2.45, 2.75) is 32.8 Å². The molecule has 1 rings (SSSR count). The van der Waals surface area contributed by atoms with E-state index in [-0.39, 0.29) is 5.97 Å². The van der Waals surface area contributed by atoms with Crippen LogP contribution < -0.4 is 5.32 Å². The minimum atomic E-state index is -0.430. The molecule has 3 nitrogen and oxygen atoms in total. The second kappa shape index (κ2) is 3.64. The molecular weight excluding hydrogens is 166 g/mol. The lowest BCUT2D eigenvalue weighted by atomic mass is 10.2. The predicted octanol–water partition coefficient (Wildman–Crippen LogP) is 1.72. The van der Waals surface area contributed by atoms with E-state index in [1.54, 1.807) is 6.20 Å². The molecule has 0 unspecified atom stereocenters. The van der Waals surface area contributed by atoms with Crippen LogP contribution in [0.25, 0.3) is 0 Å². The fraction of sp³-hybridized carbons (Fsp3) is 0.500. The molecule has 0 aliphatic carbocycles. The first kappa shape index (κ1) is 9.84. The summed E-state index contributed by atoms with van der Waals surface area (Å²) in [5, 5.41) is 2.85. The zero-order valence-electron chi connectivity index (χ0n) is 8.26. The molecule has 0 saturated heterocycles. The number of hydrogen-bond acceptors (Lipinski definition) is 3. The van der Waals surface area contributed by atoms with Gasteiger partial charge >= 0.3 is 5.97 Å². The van der Waals surface area contributed by atoms with E-state index in [4.69, 9.17) is 4.74 Å². The molecule has 1 aliphatic rings. The van der Waals surface area contributed by atoms with Crippen LogP contribution >= 0.6 is 0 Å². The van der Waals surface area contributed by atoms with Gasteiger partial charge in [-0.25, -0.2) is 4.79 Å². The average molecular weight is 181 g/mol. The van der Waals surface area contributed by atoms with Gasteiger partial charge in [-0.2, -0.15) is 0 Å². The first-order valence-corrected chi connectivity index (χ1v) is 4.34. The van der Waals surface area contributed by atoms with Crippen molar-refractivity contribution in [1.82, 2.24) is 5.32 Å². The number of hydrogen-bond donors (Lipinski definition) is 1. The van der Waals surface area contributed by atoms with Crippen molar-refractivity contribution in [3.8, 4) is 0 Å². The Balaban J connectivity index is 2.53. The summed E-state index contributed by atoms with van der Waals surface area (Å²) in [6.07, 6.45) is 6.28. The van der Waals surface area contributed by atoms with Crippen LogP contribution in [0.15, 0.2) is 24.0 Å². The third kappa shape index (κ3) is 3.32. The van der Waals surface area contributed by atoms with E-state index in [0.717, 1.165) is 6.42 Å². The number of carbonyl (C=O) groups excluding carboxylic acids is 1. The molecule has 1 aliphatic heterocycles. The number of rotatable bonds is 1. The van der Waals surface area contributed by atoms with Crippen LogP contribution in [-0.4, -0.2) is 11.6 Å². The van der Waals surface area contributed by atoms with E-state index in [9.17, 15) is 4.79 Å². The Morgan fingerprint density at radius 2 is 2.23 bits per heavy atom. The van der Waals surface area contributed by atoms with Gasteiger partial charge in [-0.05, 0) is 39.5 Å². The van der Waals surface area contributed by atoms with Crippen molar-refractivity contribution in [2.24, 2.45) is 0 Å². The Morgan fingerprint density at radius 3 is 2.69 bits per heavy atom. The number of carbonyl (C=O) groups is 1. The number of esters is 1. The molecule has 3 heteroatoms. The number of nitrogens with one attached hydrogen (secondary N) is 1. The van der Waals surface area contributed by atoms with Crippen molar-refractivity contribution in [1.29, 1.82) is 0 Å². The molecule has 13 heavy (non-hydrogen) atoms. The summed E-state index contributed by atoms with van der Waals surface area (Å²) in [6.45, 7) is 5.55. The molecular formula is C10H15NO2. The maximum Gasteiger partial charge on any atom is 0.354 e. The fourth-order valence-corrected chi connectivity index (χ4v) is 0.937. The van der Waals surface area contributed by atoms with Gasteiger partial charge in [0.1, 0.15) is 11.3 Å². The van der Waals surface area contributed by atoms with Crippen LogP contribution in [0.1, 0.15) is 27.2 Å². The van der Waals surface area contributed by atoms with Gasteiger partial charge in [0.05, 0.1) is 0 Å². The van der Waals surface area contributed by atoms with E-state index >= 15 is 0 Å². The highest BCUT2D eigenvalue weighted by Crippen LogP contribution is 2.11. The quantitative estimate of drug-likeness (QED) is 0.626. The summed E-state index contributed by atoms with van der Waals surface area (Å²) in [6, 6.07) is 0. The van der Waals surface area contributed by atoms with E-state index in [1.165, 1.54) is 0 Å². The van der Waals surface area contributed by atoms with E-state index in [2.05, 4.69) is 5.32 Å². The van der Waals surface area contributed by atoms with Crippen molar-refractivity contribution in [3.63, 3.8) is 0 Å². The topological polar surface area (TPSA) is 38.3 Å². The first-order chi connectivity index (χ1) is 5.99. The van der Waals surface area contributed by atoms with Gasteiger partial charge in [-0.3, -0.25) is 0 Å². The van der Waals surface area contributed by atoms with Crippen LogP contribution in [0.4, 0.5) is 0 Å². The molecule has 0 radical (unpaired) electrons. The van der Waals surface area contributed by atoms with Gasteiger partial charge in [0.2, 0.25) is 0 Å². The van der Waals surface area contributed by atoms with Crippen LogP contribution in [0, 0.1) is 0 Å². The SMILES string of the molecule is CC(C)(C)OC(=O)C1=CCC=CN1. The summed E-state index contributed by atoms with van der Waals surface area (Å²) in [5.41, 5.74) is 0.0956. The van der Waals surface area contributed by atoms with E-state index in [1.807, 2.05) is 32.9 Å². The van der Waals surface area contributed by atoms with E-state index in [0.29, 0.717) is 5.70 Å². The summed E-state index contributed by atoms with van der Waals surface area (Å²) >= 11 is 0. The maximum atomic E-state index is 11.4. The highest BCUT2D eigenvalue weighted by Gasteiger charge is 2.19. The molecule has 0 fully saturated rings. The van der Waals surface area contributed by atoms with Crippen LogP contribution in [0.3, 0.4) is 0 Å². The second-order valence-electron chi connectivity index (χ2n) is 3.90. The summed E-state index contributed by atoms with van der Waals surface area (Å²) in [4.78, 5) is 11.4. The number of ether oxygens (including phenoxy) is 1. The minimum absolute atomic E-state index is 0.295. The predicted molar refractivity (Wildman–Crippen MR) is 50.8 cm³/mol. The van der Waals surface area contributed by atoms with Gasteiger partial charge in [0, 0.05) is 0 Å². The van der Waals surface area contributed by atoms with E-state index < -0.39 is 5.60 Å². The maximum absolute atomic E-state index is 11.4. The third-order valence-corrected chi connectivity index (χ3v) is 1.43. The zero-order valence-corrected chi connectivity index (χ0v) is 8.26. The van der Waals surface area contributed by atoms with Gasteiger partial charge < -0.3 is 10.1 Å². The van der Waals surface area contributed by atoms with Crippen LogP contribution in [-0.2, 0) is 9.53 Å². The molecule has 0 aromatic carbocycles. The summed E-state index contributed by atoms with van der Waals surface area (Å²) < 4.78 is 5.17. The van der Waals surface area contributed by atoms with Crippen molar-refractivity contribution >= 4 is 5.97 Å². The fourth-order valence-electron chi connectivity index (χ4n) is 0.937. The Labute approximate surface area is 78.5 Å². The monoisotopic (exact) mass is 181 g/mol. The van der Waals surface area contributed by atoms with Crippen LogP contribution in [0.5, 0.6) is 0 Å². The molecule has 0 amide bonds. The van der Waals surface area contributed by atoms with Crippen LogP contribution in [0.2, 0.25) is 0 Å². The normalized spacial score (nSPS) is 16.1. The number of dihydropyridines is 1. The lowest BCUT2D eigenvalue weighted by Crippen LogP contribution is -2.28. The second-order valence-corrected chi connectivity index (χ2v) is 3.90. The van der Waals surface area contributed by atoms with Crippen molar-refractivity contribution in [3.05, 3.63) is 24.0 Å². The lowest BCUT2D eigenvalue weighted by Gasteiger charge is -2.21. The average Bonchev–Trinajstić information content (AvgIpc) is 2.03. The molecule has 0 spiro atoms. The van der Waals surface area contributed by atoms with Gasteiger partial charge in [0.15, 0.2) is 0 Å². The van der Waals surface area contributed by atoms with Gasteiger partial charge in [-0.1, -0.05) is 6.08 Å². The van der Waals surface area contributed by atoms with Crippen molar-refractivity contribution in [2.75, 3.05) is 0 Å². The molecule has 0 atom stereocenters. The first-order valence-electron chi connectivity index (χ1n) is 4.34. The van der Waals surface area contributed by atoms with Gasteiger partial charge in [0.25, 0.3) is 0 Å². The van der Waals surface area contributed by atoms with Crippen molar-refractivity contribution < 1.29 is 9.53 Å². The molecule has 1 N–H and O–H groups in total. The Bertz CT molecular complexity index is 259. The lowest BCUT2D eigenvalue weighted by molar-refractivity contribution is -0.150. The smallest absolute Gasteiger partial charge is 0.354 e. The highest BCUT2D eigenvalue weighted by atomic mass is 16.6. The van der Waals surface area contributed by atoms with Gasteiger partial charge in [-0.15, -0.1) is 0 Å². The number of allylic oxidation sites excluding steroid dienone is 2. The Hall–Kier alpha value is -1.25. The zero-order chi connectivity index (χ0) is 9.90. The Morgan fingerprint density at radius 1 is 1.54 bits per heavy atom. The summed E-state index contributed by atoms with van der Waals surface area (Å²) in [5.74, 6) is -0.295. The largest absolute Gasteiger partial charge is 0.455 e. The molecule has 1 heterocycles. The Kier molecular flexibility index (Phi) is 2.76. The molecule has 0 aromatic rings. The highest BCUT2D eigenvalue weighted by molar-refractivity contribution is 5.88.